The molecule has 5 aliphatic rings. The van der Waals surface area contributed by atoms with Gasteiger partial charge in [0.2, 0.25) is 17.6 Å². The van der Waals surface area contributed by atoms with E-state index in [0.717, 1.165) is 37.1 Å². The molecule has 2 aromatic carbocycles. The van der Waals surface area contributed by atoms with Crippen molar-refractivity contribution in [1.29, 1.82) is 0 Å². The Morgan fingerprint density at radius 3 is 2.22 bits per heavy atom. The average Bonchev–Trinajstić information content (AvgIpc) is 3.59. The summed E-state index contributed by atoms with van der Waals surface area (Å²) >= 11 is 12.6. The van der Waals surface area contributed by atoms with E-state index in [9.17, 15) is 32.7 Å². The van der Waals surface area contributed by atoms with Crippen LogP contribution in [0, 0.1) is 29.6 Å². The number of nitrogens with one attached hydrogen (secondary N) is 1. The molecule has 2 N–H and O–H groups in total. The highest BCUT2D eigenvalue weighted by Gasteiger charge is 2.70. The Balaban J connectivity index is 1.29. The molecule has 16 heteroatoms. The van der Waals surface area contributed by atoms with Gasteiger partial charge in [0.25, 0.3) is 11.8 Å². The number of aromatic nitrogens is 1. The number of anilines is 1. The van der Waals surface area contributed by atoms with E-state index in [1.807, 2.05) is 6.08 Å². The SMILES string of the molecule is COc1cc(C=CC2C3=CCC4C(=O)N(C5CCCCC5)C(=O)C4C3CC3C(=O)N(Nc4ncc(C(F)(F)F)cc4Cl)C(=O)C23c2ccc(Cl)cc2)cc(OC)c1O. The van der Waals surface area contributed by atoms with Gasteiger partial charge in [0.1, 0.15) is 0 Å². The summed E-state index contributed by atoms with van der Waals surface area (Å²) in [5.41, 5.74) is 1.45. The largest absolute Gasteiger partial charge is 0.502 e. The van der Waals surface area contributed by atoms with Crippen molar-refractivity contribution in [3.63, 3.8) is 0 Å². The number of halogens is 5. The van der Waals surface area contributed by atoms with Crippen LogP contribution in [0.4, 0.5) is 19.0 Å². The highest BCUT2D eigenvalue weighted by Crippen LogP contribution is 2.62. The van der Waals surface area contributed by atoms with Crippen LogP contribution in [0.5, 0.6) is 17.2 Å². The summed E-state index contributed by atoms with van der Waals surface area (Å²) in [4.78, 5) is 64.1. The minimum absolute atomic E-state index is 0.00920. The van der Waals surface area contributed by atoms with Crippen LogP contribution >= 0.6 is 23.2 Å². The third-order valence-electron chi connectivity index (χ3n) is 12.6. The van der Waals surface area contributed by atoms with Crippen molar-refractivity contribution < 1.29 is 46.9 Å². The Bertz CT molecular complexity index is 2240. The van der Waals surface area contributed by atoms with Gasteiger partial charge in [0.15, 0.2) is 17.3 Å². The van der Waals surface area contributed by atoms with Crippen molar-refractivity contribution in [3.8, 4) is 17.2 Å². The first kappa shape index (κ1) is 39.7. The van der Waals surface area contributed by atoms with E-state index >= 15 is 4.79 Å². The second-order valence-electron chi connectivity index (χ2n) is 15.4. The quantitative estimate of drug-likeness (QED) is 0.171. The third-order valence-corrected chi connectivity index (χ3v) is 13.1. The summed E-state index contributed by atoms with van der Waals surface area (Å²) in [5.74, 6) is -6.41. The number of fused-ring (bicyclic) bond motifs is 4. The van der Waals surface area contributed by atoms with Crippen LogP contribution in [-0.2, 0) is 30.8 Å². The van der Waals surface area contributed by atoms with Gasteiger partial charge < -0.3 is 14.6 Å². The number of amides is 4. The van der Waals surface area contributed by atoms with Crippen LogP contribution in [0.3, 0.4) is 0 Å². The molecular formula is C42H39Cl2F3N4O7. The fraction of sp³-hybridized carbons (Fsp3) is 0.405. The number of aromatic hydroxyl groups is 1. The zero-order chi connectivity index (χ0) is 41.3. The molecule has 11 nitrogen and oxygen atoms in total. The number of ether oxygens (including phenoxy) is 2. The monoisotopic (exact) mass is 838 g/mol. The summed E-state index contributed by atoms with van der Waals surface area (Å²) in [6, 6.07) is 10.1. The van der Waals surface area contributed by atoms with Gasteiger partial charge in [-0.25, -0.2) is 4.98 Å². The lowest BCUT2D eigenvalue weighted by atomic mass is 9.50. The summed E-state index contributed by atoms with van der Waals surface area (Å²) in [5, 5.41) is 11.3. The van der Waals surface area contributed by atoms with E-state index in [-0.39, 0.29) is 53.8 Å². The number of phenolic OH excluding ortho intramolecular Hbond substituents is 1. The lowest BCUT2D eigenvalue weighted by Crippen LogP contribution is -2.54. The molecule has 6 atom stereocenters. The van der Waals surface area contributed by atoms with Gasteiger partial charge in [0, 0.05) is 23.2 Å². The maximum Gasteiger partial charge on any atom is 0.417 e. The van der Waals surface area contributed by atoms with Gasteiger partial charge in [-0.15, -0.1) is 0 Å². The van der Waals surface area contributed by atoms with E-state index < -0.39 is 63.6 Å². The Labute approximate surface area is 341 Å². The Morgan fingerprint density at radius 1 is 0.931 bits per heavy atom. The summed E-state index contributed by atoms with van der Waals surface area (Å²) in [6.07, 6.45) is 5.75. The molecule has 3 aromatic rings. The van der Waals surface area contributed by atoms with Gasteiger partial charge in [-0.3, -0.25) is 29.5 Å². The molecule has 4 fully saturated rings. The highest BCUT2D eigenvalue weighted by molar-refractivity contribution is 6.33. The zero-order valence-corrected chi connectivity index (χ0v) is 32.9. The number of imide groups is 2. The number of carbonyl (C=O) groups excluding carboxylic acids is 4. The van der Waals surface area contributed by atoms with Gasteiger partial charge in [-0.1, -0.05) is 78.4 Å². The fourth-order valence-electron chi connectivity index (χ4n) is 9.97. The van der Waals surface area contributed by atoms with Crippen molar-refractivity contribution in [1.82, 2.24) is 14.9 Å². The molecule has 58 heavy (non-hydrogen) atoms. The van der Waals surface area contributed by atoms with Gasteiger partial charge in [-0.2, -0.15) is 18.2 Å². The number of alkyl halides is 3. The van der Waals surface area contributed by atoms with Crippen LogP contribution in [0.1, 0.15) is 61.6 Å². The van der Waals surface area contributed by atoms with Crippen LogP contribution in [0.2, 0.25) is 10.0 Å². The number of carbonyl (C=O) groups is 4. The molecule has 3 aliphatic carbocycles. The molecule has 0 bridgehead atoms. The second-order valence-corrected chi connectivity index (χ2v) is 16.3. The molecule has 8 rings (SSSR count). The molecule has 0 spiro atoms. The lowest BCUT2D eigenvalue weighted by Gasteiger charge is -2.49. The molecule has 304 valence electrons. The molecule has 2 aliphatic heterocycles. The zero-order valence-electron chi connectivity index (χ0n) is 31.4. The number of hydrazine groups is 1. The number of allylic oxidation sites excluding steroid dienone is 3. The smallest absolute Gasteiger partial charge is 0.417 e. The van der Waals surface area contributed by atoms with Gasteiger partial charge in [0.05, 0.1) is 48.0 Å². The fourth-order valence-corrected chi connectivity index (χ4v) is 10.3. The maximum absolute atomic E-state index is 15.3. The van der Waals surface area contributed by atoms with E-state index in [1.54, 1.807) is 48.6 Å². The molecule has 0 radical (unpaired) electrons. The lowest BCUT2D eigenvalue weighted by molar-refractivity contribution is -0.144. The molecule has 6 unspecified atom stereocenters. The Hall–Kier alpha value is -5.08. The Kier molecular flexibility index (Phi) is 10.2. The van der Waals surface area contributed by atoms with Crippen molar-refractivity contribution in [2.24, 2.45) is 29.6 Å². The average molecular weight is 840 g/mol. The predicted octanol–water partition coefficient (Wildman–Crippen LogP) is 7.99. The number of benzene rings is 2. The van der Waals surface area contributed by atoms with E-state index in [2.05, 4.69) is 10.4 Å². The first-order chi connectivity index (χ1) is 27.7. The number of pyridine rings is 1. The number of hydrogen-bond acceptors (Lipinski definition) is 9. The minimum atomic E-state index is -4.75. The highest BCUT2D eigenvalue weighted by atomic mass is 35.5. The third kappa shape index (κ3) is 6.30. The van der Waals surface area contributed by atoms with Crippen molar-refractivity contribution >= 4 is 58.7 Å². The topological polar surface area (TPSA) is 138 Å². The van der Waals surface area contributed by atoms with Crippen LogP contribution in [0.25, 0.3) is 6.08 Å². The Morgan fingerprint density at radius 2 is 1.60 bits per heavy atom. The van der Waals surface area contributed by atoms with Gasteiger partial charge >= 0.3 is 6.18 Å². The van der Waals surface area contributed by atoms with Gasteiger partial charge in [-0.05, 0) is 73.1 Å². The number of likely N-dealkylation sites (tertiary alicyclic amines) is 1. The van der Waals surface area contributed by atoms with E-state index in [1.165, 1.54) is 19.1 Å². The van der Waals surface area contributed by atoms with E-state index in [0.29, 0.717) is 34.0 Å². The number of nitrogens with zero attached hydrogens (tertiary/aromatic N) is 3. The maximum atomic E-state index is 15.3. The van der Waals surface area contributed by atoms with Crippen molar-refractivity contribution in [3.05, 3.63) is 93.1 Å². The molecule has 2 saturated heterocycles. The number of hydrogen-bond donors (Lipinski definition) is 2. The first-order valence-electron chi connectivity index (χ1n) is 19.0. The summed E-state index contributed by atoms with van der Waals surface area (Å²) in [7, 11) is 2.77. The number of methoxy groups -OCH3 is 2. The number of phenols is 1. The summed E-state index contributed by atoms with van der Waals surface area (Å²) in [6.45, 7) is 0. The minimum Gasteiger partial charge on any atom is -0.502 e. The molecule has 1 aromatic heterocycles. The van der Waals surface area contributed by atoms with Crippen LogP contribution in [-0.4, -0.2) is 63.9 Å². The van der Waals surface area contributed by atoms with Crippen LogP contribution < -0.4 is 14.9 Å². The number of rotatable bonds is 8. The van der Waals surface area contributed by atoms with Crippen molar-refractivity contribution in [2.75, 3.05) is 19.6 Å². The molecule has 2 saturated carbocycles. The normalized spacial score (nSPS) is 27.4. The van der Waals surface area contributed by atoms with E-state index in [4.69, 9.17) is 32.7 Å². The van der Waals surface area contributed by atoms with Crippen LogP contribution in [0.15, 0.2) is 66.4 Å². The molecule has 4 amide bonds. The first-order valence-corrected chi connectivity index (χ1v) is 19.8. The molecule has 3 heterocycles. The second kappa shape index (κ2) is 14.9. The summed E-state index contributed by atoms with van der Waals surface area (Å²) < 4.78 is 51.4. The molecular weight excluding hydrogens is 800 g/mol. The van der Waals surface area contributed by atoms with Crippen molar-refractivity contribution in [2.45, 2.75) is 62.6 Å². The predicted molar refractivity (Wildman–Crippen MR) is 207 cm³/mol. The standard InChI is InChI=1S/C42H39Cl2F3N4O7/c1-57-32-16-21(17-33(58-2)35(32)52)8-15-29-26-13-14-27-34(39(55)50(37(27)53)25-6-4-3-5-7-25)28(26)19-30-38(54)51(40(56)41(29,30)22-9-11-24(43)12-10-22)49-36-31(44)18-23(20-48-36)42(45,46)47/h8-13,15-18,20,25,27-30,34,52H,3-7,14,19H2,1-2H3,(H,48,49).